The smallest absolute Gasteiger partial charge is 0.252 e. The van der Waals surface area contributed by atoms with Crippen molar-refractivity contribution >= 4 is 29.1 Å². The summed E-state index contributed by atoms with van der Waals surface area (Å²) in [7, 11) is 1.60. The van der Waals surface area contributed by atoms with E-state index in [-0.39, 0.29) is 11.3 Å². The van der Waals surface area contributed by atoms with Crippen molar-refractivity contribution in [2.75, 3.05) is 26.7 Å². The molecule has 6 heteroatoms. The Morgan fingerprint density at radius 1 is 1.30 bits per heavy atom. The normalized spacial score (nSPS) is 17.8. The van der Waals surface area contributed by atoms with Crippen LogP contribution in [-0.4, -0.2) is 38.3 Å². The van der Waals surface area contributed by atoms with Crippen molar-refractivity contribution in [1.82, 2.24) is 10.6 Å². The molecule has 0 aliphatic carbocycles. The molecule has 1 heterocycles. The molecule has 2 rings (SSSR count). The number of hydrogen-bond donors (Lipinski definition) is 2. The highest BCUT2D eigenvalue weighted by Gasteiger charge is 2.40. The lowest BCUT2D eigenvalue weighted by atomic mass is 9.83. The van der Waals surface area contributed by atoms with Crippen LogP contribution >= 0.6 is 23.2 Å². The van der Waals surface area contributed by atoms with Crippen LogP contribution in [0.2, 0.25) is 10.0 Å². The number of ether oxygens (including phenoxy) is 1. The van der Waals surface area contributed by atoms with E-state index in [1.807, 2.05) is 32.0 Å². The highest BCUT2D eigenvalue weighted by molar-refractivity contribution is 6.36. The Kier molecular flexibility index (Phi) is 5.95. The standard InChI is InChI=1S/C17H24Cl2N2O2/c1-16(2,14-12(18)5-4-6-13(14)19)11-21-15(22)17(23-3)7-9-20-10-8-17/h4-6,20H,7-11H2,1-3H3,(H,21,22). The van der Waals surface area contributed by atoms with E-state index in [1.165, 1.54) is 0 Å². The molecule has 1 amide bonds. The molecule has 0 saturated carbocycles. The van der Waals surface area contributed by atoms with E-state index < -0.39 is 5.60 Å². The summed E-state index contributed by atoms with van der Waals surface area (Å²) in [6.07, 6.45) is 1.34. The summed E-state index contributed by atoms with van der Waals surface area (Å²) < 4.78 is 5.55. The first-order valence-corrected chi connectivity index (χ1v) is 8.57. The van der Waals surface area contributed by atoms with Crippen LogP contribution in [0.1, 0.15) is 32.3 Å². The largest absolute Gasteiger partial charge is 0.368 e. The number of nitrogens with one attached hydrogen (secondary N) is 2. The second-order valence-electron chi connectivity index (χ2n) is 6.61. The molecular weight excluding hydrogens is 335 g/mol. The minimum atomic E-state index is -0.744. The summed E-state index contributed by atoms with van der Waals surface area (Å²) in [6.45, 7) is 6.03. The predicted octanol–water partition coefficient (Wildman–Crippen LogP) is 3.16. The van der Waals surface area contributed by atoms with Gasteiger partial charge in [-0.25, -0.2) is 0 Å². The molecule has 1 aromatic carbocycles. The van der Waals surface area contributed by atoms with Crippen molar-refractivity contribution in [3.63, 3.8) is 0 Å². The van der Waals surface area contributed by atoms with Gasteiger partial charge in [0.25, 0.3) is 5.91 Å². The molecular formula is C17H24Cl2N2O2. The van der Waals surface area contributed by atoms with Gasteiger partial charge in [0, 0.05) is 29.1 Å². The van der Waals surface area contributed by atoms with E-state index in [2.05, 4.69) is 10.6 Å². The Morgan fingerprint density at radius 3 is 2.39 bits per heavy atom. The molecule has 0 bridgehead atoms. The lowest BCUT2D eigenvalue weighted by Gasteiger charge is -2.36. The summed E-state index contributed by atoms with van der Waals surface area (Å²) in [5.74, 6) is -0.0715. The molecule has 0 spiro atoms. The lowest BCUT2D eigenvalue weighted by Crippen LogP contribution is -2.55. The molecule has 1 aliphatic heterocycles. The Hall–Kier alpha value is -0.810. The quantitative estimate of drug-likeness (QED) is 0.849. The number of halogens is 2. The van der Waals surface area contributed by atoms with Gasteiger partial charge in [-0.1, -0.05) is 43.1 Å². The maximum atomic E-state index is 12.7. The number of methoxy groups -OCH3 is 1. The van der Waals surface area contributed by atoms with Crippen LogP contribution in [-0.2, 0) is 14.9 Å². The van der Waals surface area contributed by atoms with Gasteiger partial charge in [-0.15, -0.1) is 0 Å². The van der Waals surface area contributed by atoms with Crippen LogP contribution in [0.25, 0.3) is 0 Å². The second kappa shape index (κ2) is 7.39. The first-order chi connectivity index (χ1) is 10.8. The molecule has 0 aromatic heterocycles. The predicted molar refractivity (Wildman–Crippen MR) is 94.3 cm³/mol. The molecule has 2 N–H and O–H groups in total. The topological polar surface area (TPSA) is 50.4 Å². The van der Waals surface area contributed by atoms with Gasteiger partial charge < -0.3 is 15.4 Å². The van der Waals surface area contributed by atoms with Crippen molar-refractivity contribution in [2.24, 2.45) is 0 Å². The minimum absolute atomic E-state index is 0.0715. The highest BCUT2D eigenvalue weighted by Crippen LogP contribution is 2.35. The van der Waals surface area contributed by atoms with E-state index in [4.69, 9.17) is 27.9 Å². The van der Waals surface area contributed by atoms with Gasteiger partial charge in [-0.2, -0.15) is 0 Å². The van der Waals surface area contributed by atoms with Gasteiger partial charge in [0.15, 0.2) is 0 Å². The average Bonchev–Trinajstić information content (AvgIpc) is 2.53. The number of piperidine rings is 1. The van der Waals surface area contributed by atoms with Gasteiger partial charge in [-0.05, 0) is 43.6 Å². The first kappa shape index (κ1) is 18.5. The summed E-state index contributed by atoms with van der Waals surface area (Å²) in [6, 6.07) is 5.45. The molecule has 1 saturated heterocycles. The van der Waals surface area contributed by atoms with E-state index in [1.54, 1.807) is 7.11 Å². The maximum absolute atomic E-state index is 12.7. The van der Waals surface area contributed by atoms with Crippen molar-refractivity contribution in [3.05, 3.63) is 33.8 Å². The van der Waals surface area contributed by atoms with Crippen molar-refractivity contribution in [2.45, 2.75) is 37.7 Å². The maximum Gasteiger partial charge on any atom is 0.252 e. The van der Waals surface area contributed by atoms with Crippen molar-refractivity contribution in [3.8, 4) is 0 Å². The van der Waals surface area contributed by atoms with E-state index in [9.17, 15) is 4.79 Å². The van der Waals surface area contributed by atoms with Crippen molar-refractivity contribution < 1.29 is 9.53 Å². The minimum Gasteiger partial charge on any atom is -0.368 e. The van der Waals surface area contributed by atoms with Crippen LogP contribution in [0.3, 0.4) is 0 Å². The first-order valence-electron chi connectivity index (χ1n) is 7.81. The van der Waals surface area contributed by atoms with Crippen LogP contribution in [0.4, 0.5) is 0 Å². The Balaban J connectivity index is 2.11. The van der Waals surface area contributed by atoms with Gasteiger partial charge >= 0.3 is 0 Å². The van der Waals surface area contributed by atoms with Crippen LogP contribution in [0, 0.1) is 0 Å². The molecule has 0 atom stereocenters. The monoisotopic (exact) mass is 358 g/mol. The summed E-state index contributed by atoms with van der Waals surface area (Å²) in [5.41, 5.74) is -0.279. The second-order valence-corrected chi connectivity index (χ2v) is 7.43. The van der Waals surface area contributed by atoms with Gasteiger partial charge in [-0.3, -0.25) is 4.79 Å². The highest BCUT2D eigenvalue weighted by atomic mass is 35.5. The third kappa shape index (κ3) is 4.00. The third-order valence-corrected chi connectivity index (χ3v) is 5.18. The number of carbonyl (C=O) groups excluding carboxylic acids is 1. The fraction of sp³-hybridized carbons (Fsp3) is 0.588. The third-order valence-electron chi connectivity index (χ3n) is 4.55. The molecule has 1 fully saturated rings. The zero-order chi connectivity index (χ0) is 17.1. The molecule has 128 valence electrons. The summed E-state index contributed by atoms with van der Waals surface area (Å²) in [4.78, 5) is 12.7. The molecule has 4 nitrogen and oxygen atoms in total. The molecule has 23 heavy (non-hydrogen) atoms. The van der Waals surface area contributed by atoms with E-state index in [0.29, 0.717) is 29.4 Å². The van der Waals surface area contributed by atoms with Gasteiger partial charge in [0.2, 0.25) is 0 Å². The van der Waals surface area contributed by atoms with Crippen LogP contribution in [0.15, 0.2) is 18.2 Å². The Morgan fingerprint density at radius 2 is 1.87 bits per heavy atom. The van der Waals surface area contributed by atoms with Crippen molar-refractivity contribution in [1.29, 1.82) is 0 Å². The Bertz CT molecular complexity index is 549. The number of rotatable bonds is 5. The Labute approximate surface area is 147 Å². The van der Waals surface area contributed by atoms with E-state index >= 15 is 0 Å². The fourth-order valence-corrected chi connectivity index (χ4v) is 3.96. The summed E-state index contributed by atoms with van der Waals surface area (Å²) >= 11 is 12.6. The zero-order valence-corrected chi connectivity index (χ0v) is 15.4. The molecule has 1 aliphatic rings. The SMILES string of the molecule is COC1(C(=O)NCC(C)(C)c2c(Cl)cccc2Cl)CCNCC1. The summed E-state index contributed by atoms with van der Waals surface area (Å²) in [5, 5.41) is 7.50. The molecule has 0 radical (unpaired) electrons. The van der Waals surface area contributed by atoms with Crippen LogP contribution < -0.4 is 10.6 Å². The van der Waals surface area contributed by atoms with E-state index in [0.717, 1.165) is 18.7 Å². The average molecular weight is 359 g/mol. The lowest BCUT2D eigenvalue weighted by molar-refractivity contribution is -0.146. The van der Waals surface area contributed by atoms with Gasteiger partial charge in [0.05, 0.1) is 0 Å². The van der Waals surface area contributed by atoms with Crippen LogP contribution in [0.5, 0.6) is 0 Å². The molecule has 1 aromatic rings. The number of carbonyl (C=O) groups is 1. The number of amides is 1. The molecule has 0 unspecified atom stereocenters. The van der Waals surface area contributed by atoms with Gasteiger partial charge in [0.1, 0.15) is 5.60 Å². The zero-order valence-electron chi connectivity index (χ0n) is 13.8. The number of hydrogen-bond acceptors (Lipinski definition) is 3. The fourth-order valence-electron chi connectivity index (χ4n) is 3.05. The number of benzene rings is 1.